The Balaban J connectivity index is 3.43. The van der Waals surface area contributed by atoms with Crippen molar-refractivity contribution in [1.82, 2.24) is 4.90 Å². The van der Waals surface area contributed by atoms with Gasteiger partial charge in [-0.3, -0.25) is 9.53 Å². The van der Waals surface area contributed by atoms with Gasteiger partial charge in [0.15, 0.2) is 0 Å². The summed E-state index contributed by atoms with van der Waals surface area (Å²) in [4.78, 5) is 10.5. The van der Waals surface area contributed by atoms with Gasteiger partial charge in [-0.2, -0.15) is 52.7 Å². The summed E-state index contributed by atoms with van der Waals surface area (Å²) in [6, 6.07) is -5.97. The molecular formula is C12H8F15NO4. The molecule has 0 saturated carbocycles. The van der Waals surface area contributed by atoms with Crippen LogP contribution >= 0.6 is 0 Å². The Morgan fingerprint density at radius 2 is 1.12 bits per heavy atom. The molecule has 0 aromatic heterocycles. The maximum atomic E-state index is 14.0. The van der Waals surface area contributed by atoms with Crippen LogP contribution in [0.15, 0.2) is 0 Å². The Labute approximate surface area is 165 Å². The molecule has 1 aliphatic rings. The van der Waals surface area contributed by atoms with E-state index in [0.717, 1.165) is 0 Å². The van der Waals surface area contributed by atoms with Gasteiger partial charge in [0, 0.05) is 13.1 Å². The predicted molar refractivity (Wildman–Crippen MR) is 65.3 cm³/mol. The fourth-order valence-electron chi connectivity index (χ4n) is 2.04. The minimum absolute atomic E-state index is 0.683. The summed E-state index contributed by atoms with van der Waals surface area (Å²) >= 11 is 0. The van der Waals surface area contributed by atoms with Crippen LogP contribution in [0.1, 0.15) is 0 Å². The largest absolute Gasteiger partial charge is 0.527 e. The SMILES string of the molecule is O=C(C(F)(F)C(F)(F)OC(F)(F)F)C(F)(OC(F)(F)C(F)(F)N1CCOCC1)C(F)(F)F. The molecule has 0 spiro atoms. The van der Waals surface area contributed by atoms with Crippen LogP contribution in [0.2, 0.25) is 0 Å². The summed E-state index contributed by atoms with van der Waals surface area (Å²) in [6.45, 7) is -3.80. The molecule has 1 atom stereocenters. The molecule has 1 heterocycles. The molecule has 0 aromatic rings. The normalized spacial score (nSPS) is 20.2. The number of morpholine rings is 1. The van der Waals surface area contributed by atoms with Gasteiger partial charge in [-0.15, -0.1) is 13.2 Å². The molecule has 1 unspecified atom stereocenters. The first-order valence-electron chi connectivity index (χ1n) is 7.54. The molecule has 0 radical (unpaired) electrons. The second-order valence-corrected chi connectivity index (χ2v) is 5.82. The third-order valence-electron chi connectivity index (χ3n) is 3.58. The third kappa shape index (κ3) is 5.33. The number of rotatable bonds is 8. The quantitative estimate of drug-likeness (QED) is 0.361. The number of nitrogens with zero attached hydrogens (tertiary/aromatic N) is 1. The topological polar surface area (TPSA) is 48.0 Å². The average molecular weight is 515 g/mol. The number of Topliss-reactive ketones (excluding diaryl/α,β-unsaturated/α-hetero) is 1. The summed E-state index contributed by atoms with van der Waals surface area (Å²) in [5, 5.41) is 0. The second-order valence-electron chi connectivity index (χ2n) is 5.82. The second kappa shape index (κ2) is 8.35. The number of alkyl halides is 15. The average Bonchev–Trinajstić information content (AvgIpc) is 2.57. The molecule has 0 bridgehead atoms. The van der Waals surface area contributed by atoms with Crippen molar-refractivity contribution >= 4 is 5.78 Å². The van der Waals surface area contributed by atoms with E-state index >= 15 is 0 Å². The smallest absolute Gasteiger partial charge is 0.379 e. The van der Waals surface area contributed by atoms with E-state index in [0.29, 0.717) is 0 Å². The van der Waals surface area contributed by atoms with Crippen molar-refractivity contribution in [1.29, 1.82) is 0 Å². The van der Waals surface area contributed by atoms with E-state index in [2.05, 4.69) is 4.74 Å². The molecule has 20 heteroatoms. The van der Waals surface area contributed by atoms with Crippen molar-refractivity contribution in [2.75, 3.05) is 26.3 Å². The lowest BCUT2D eigenvalue weighted by molar-refractivity contribution is -0.474. The van der Waals surface area contributed by atoms with Crippen LogP contribution in [0.25, 0.3) is 0 Å². The Bertz CT molecular complexity index is 685. The molecule has 190 valence electrons. The number of carbonyl (C=O) groups is 1. The van der Waals surface area contributed by atoms with Crippen molar-refractivity contribution in [2.24, 2.45) is 0 Å². The highest BCUT2D eigenvalue weighted by Crippen LogP contribution is 2.51. The van der Waals surface area contributed by atoms with Crippen LogP contribution in [0, 0.1) is 0 Å². The minimum atomic E-state index is -7.50. The highest BCUT2D eigenvalue weighted by Gasteiger charge is 2.81. The summed E-state index contributed by atoms with van der Waals surface area (Å²) in [5.41, 5.74) is 0. The fraction of sp³-hybridized carbons (Fsp3) is 0.917. The summed E-state index contributed by atoms with van der Waals surface area (Å²) < 4.78 is 204. The van der Waals surface area contributed by atoms with Crippen LogP contribution in [-0.2, 0) is 19.0 Å². The molecule has 1 fully saturated rings. The van der Waals surface area contributed by atoms with Crippen LogP contribution < -0.4 is 0 Å². The molecular weight excluding hydrogens is 507 g/mol. The standard InChI is InChI=1S/C12H8F15NO4/c13-6(14,10(21,22)32-12(25,26)27)5(29)7(15,8(16,17)18)31-11(23,24)9(19,20)28-1-3-30-4-2-28/h1-4H2. The summed E-state index contributed by atoms with van der Waals surface area (Å²) in [7, 11) is 0. The zero-order valence-electron chi connectivity index (χ0n) is 14.6. The van der Waals surface area contributed by atoms with Crippen LogP contribution in [0.5, 0.6) is 0 Å². The number of ketones is 1. The van der Waals surface area contributed by atoms with E-state index in [-0.39, 0.29) is 0 Å². The Morgan fingerprint density at radius 3 is 1.50 bits per heavy atom. The molecule has 1 saturated heterocycles. The third-order valence-corrected chi connectivity index (χ3v) is 3.58. The highest BCUT2D eigenvalue weighted by atomic mass is 19.4. The van der Waals surface area contributed by atoms with Crippen molar-refractivity contribution in [3.05, 3.63) is 0 Å². The predicted octanol–water partition coefficient (Wildman–Crippen LogP) is 4.08. The molecule has 5 nitrogen and oxygen atoms in total. The van der Waals surface area contributed by atoms with Gasteiger partial charge >= 0.3 is 42.6 Å². The van der Waals surface area contributed by atoms with Crippen molar-refractivity contribution in [2.45, 2.75) is 42.6 Å². The lowest BCUT2D eigenvalue weighted by Crippen LogP contribution is -2.67. The van der Waals surface area contributed by atoms with E-state index in [1.54, 1.807) is 0 Å². The van der Waals surface area contributed by atoms with Gasteiger partial charge in [0.25, 0.3) is 5.78 Å². The summed E-state index contributed by atoms with van der Waals surface area (Å²) in [6.07, 6.45) is -28.4. The number of carbonyl (C=O) groups excluding carboxylic acids is 1. The van der Waals surface area contributed by atoms with E-state index in [1.165, 1.54) is 4.74 Å². The van der Waals surface area contributed by atoms with Crippen LogP contribution in [0.3, 0.4) is 0 Å². The number of halogens is 15. The monoisotopic (exact) mass is 515 g/mol. The first kappa shape index (κ1) is 28.5. The highest BCUT2D eigenvalue weighted by molar-refractivity contribution is 5.93. The van der Waals surface area contributed by atoms with Gasteiger partial charge in [0.1, 0.15) is 0 Å². The van der Waals surface area contributed by atoms with E-state index in [9.17, 15) is 70.7 Å². The van der Waals surface area contributed by atoms with E-state index in [4.69, 9.17) is 0 Å². The summed E-state index contributed by atoms with van der Waals surface area (Å²) in [5.74, 6) is -20.0. The number of ether oxygens (including phenoxy) is 3. The first-order chi connectivity index (χ1) is 13.9. The molecule has 0 amide bonds. The van der Waals surface area contributed by atoms with Crippen molar-refractivity contribution < 1.29 is 84.9 Å². The molecule has 0 N–H and O–H groups in total. The van der Waals surface area contributed by atoms with Gasteiger partial charge in [0.2, 0.25) is 0 Å². The molecule has 1 rings (SSSR count). The maximum Gasteiger partial charge on any atom is 0.527 e. The van der Waals surface area contributed by atoms with E-state index in [1.807, 2.05) is 4.74 Å². The van der Waals surface area contributed by atoms with Gasteiger partial charge in [0.05, 0.1) is 13.2 Å². The maximum absolute atomic E-state index is 14.0. The molecule has 0 aliphatic carbocycles. The van der Waals surface area contributed by atoms with Crippen LogP contribution in [0.4, 0.5) is 65.9 Å². The van der Waals surface area contributed by atoms with Gasteiger partial charge < -0.3 is 4.74 Å². The Hall–Kier alpha value is -1.54. The van der Waals surface area contributed by atoms with Gasteiger partial charge in [-0.1, -0.05) is 0 Å². The molecule has 0 aromatic carbocycles. The minimum Gasteiger partial charge on any atom is -0.379 e. The fourth-order valence-corrected chi connectivity index (χ4v) is 2.04. The van der Waals surface area contributed by atoms with Crippen LogP contribution in [-0.4, -0.2) is 79.6 Å². The lowest BCUT2D eigenvalue weighted by Gasteiger charge is -2.40. The van der Waals surface area contributed by atoms with Crippen molar-refractivity contribution in [3.63, 3.8) is 0 Å². The Morgan fingerprint density at radius 1 is 0.688 bits per heavy atom. The van der Waals surface area contributed by atoms with Crippen molar-refractivity contribution in [3.8, 4) is 0 Å². The lowest BCUT2D eigenvalue weighted by atomic mass is 10.0. The zero-order valence-corrected chi connectivity index (χ0v) is 14.6. The molecule has 32 heavy (non-hydrogen) atoms. The van der Waals surface area contributed by atoms with E-state index < -0.39 is 79.6 Å². The zero-order chi connectivity index (χ0) is 25.6. The molecule has 1 aliphatic heterocycles. The first-order valence-corrected chi connectivity index (χ1v) is 7.54. The van der Waals surface area contributed by atoms with Gasteiger partial charge in [-0.25, -0.2) is 9.64 Å². The Kier molecular flexibility index (Phi) is 7.43. The number of hydrogen-bond donors (Lipinski definition) is 0. The number of hydrogen-bond acceptors (Lipinski definition) is 5. The van der Waals surface area contributed by atoms with Gasteiger partial charge in [-0.05, 0) is 0 Å².